The van der Waals surface area contributed by atoms with E-state index in [0.717, 1.165) is 12.0 Å². The Morgan fingerprint density at radius 3 is 2.37 bits per heavy atom. The normalized spacial score (nSPS) is 11.5. The van der Waals surface area contributed by atoms with Crippen molar-refractivity contribution in [2.75, 3.05) is 40.9 Å². The Hall–Kier alpha value is -1.44. The lowest BCUT2D eigenvalue weighted by atomic mass is 10.2. The molecular formula is C16H28IN5O4S. The topological polar surface area (TPSA) is 126 Å². The number of sulfonamides is 1. The van der Waals surface area contributed by atoms with Gasteiger partial charge in [-0.15, -0.1) is 24.0 Å². The summed E-state index contributed by atoms with van der Waals surface area (Å²) in [4.78, 5) is 17.7. The van der Waals surface area contributed by atoms with Gasteiger partial charge in [0.1, 0.15) is 0 Å². The molecule has 0 fully saturated rings. The van der Waals surface area contributed by atoms with Crippen molar-refractivity contribution in [1.29, 1.82) is 0 Å². The molecule has 0 aromatic heterocycles. The zero-order valence-electron chi connectivity index (χ0n) is 15.8. The molecule has 0 aliphatic heterocycles. The molecule has 1 amide bonds. The summed E-state index contributed by atoms with van der Waals surface area (Å²) < 4.78 is 27.5. The summed E-state index contributed by atoms with van der Waals surface area (Å²) in [6, 6.07) is 6.18. The largest absolute Gasteiger partial charge is 0.385 e. The number of rotatable bonds is 9. The number of guanidine groups is 1. The van der Waals surface area contributed by atoms with Crippen molar-refractivity contribution in [2.24, 2.45) is 10.1 Å². The van der Waals surface area contributed by atoms with E-state index in [1.54, 1.807) is 33.3 Å². The molecule has 0 radical (unpaired) electrons. The molecule has 9 nitrogen and oxygen atoms in total. The number of carbonyl (C=O) groups excluding carboxylic acids is 1. The summed E-state index contributed by atoms with van der Waals surface area (Å²) in [5.41, 5.74) is 0.814. The third kappa shape index (κ3) is 10.5. The second-order valence-corrected chi connectivity index (χ2v) is 7.33. The Labute approximate surface area is 177 Å². The molecule has 4 N–H and O–H groups in total. The monoisotopic (exact) mass is 513 g/mol. The van der Waals surface area contributed by atoms with Crippen molar-refractivity contribution >= 4 is 45.9 Å². The first-order valence-electron chi connectivity index (χ1n) is 8.07. The zero-order valence-corrected chi connectivity index (χ0v) is 18.9. The summed E-state index contributed by atoms with van der Waals surface area (Å²) in [5, 5.41) is 11.2. The molecule has 11 heteroatoms. The van der Waals surface area contributed by atoms with Crippen molar-refractivity contribution < 1.29 is 17.9 Å². The van der Waals surface area contributed by atoms with E-state index in [-0.39, 0.29) is 41.3 Å². The van der Waals surface area contributed by atoms with Crippen molar-refractivity contribution in [3.63, 3.8) is 0 Å². The molecule has 0 saturated heterocycles. The summed E-state index contributed by atoms with van der Waals surface area (Å²) in [7, 11) is 1.28. The average Bonchev–Trinajstić information content (AvgIpc) is 2.59. The maximum absolute atomic E-state index is 11.7. The molecule has 0 spiro atoms. The number of hydrogen-bond donors (Lipinski definition) is 3. The Morgan fingerprint density at radius 2 is 1.85 bits per heavy atom. The van der Waals surface area contributed by atoms with Crippen LogP contribution in [0.25, 0.3) is 0 Å². The SMILES string of the molecule is COCCCNC(=NCc1ccc(S(N)(=O)=O)cc1)NCC(=O)N(C)C.I. The number of nitrogens with one attached hydrogen (secondary N) is 2. The first kappa shape index (κ1) is 25.6. The molecule has 0 atom stereocenters. The van der Waals surface area contributed by atoms with Gasteiger partial charge in [0.25, 0.3) is 0 Å². The second kappa shape index (κ2) is 12.9. The van der Waals surface area contributed by atoms with Crippen LogP contribution < -0.4 is 15.8 Å². The zero-order chi connectivity index (χ0) is 19.6. The number of halogens is 1. The second-order valence-electron chi connectivity index (χ2n) is 5.77. The Morgan fingerprint density at radius 1 is 1.22 bits per heavy atom. The maximum atomic E-state index is 11.7. The van der Waals surface area contributed by atoms with Gasteiger partial charge in [0.05, 0.1) is 18.0 Å². The van der Waals surface area contributed by atoms with E-state index in [2.05, 4.69) is 15.6 Å². The van der Waals surface area contributed by atoms with E-state index in [4.69, 9.17) is 9.88 Å². The maximum Gasteiger partial charge on any atom is 0.241 e. The highest BCUT2D eigenvalue weighted by Gasteiger charge is 2.08. The smallest absolute Gasteiger partial charge is 0.241 e. The predicted octanol–water partition coefficient (Wildman–Crippen LogP) is 0.112. The van der Waals surface area contributed by atoms with Gasteiger partial charge in [-0.25, -0.2) is 18.5 Å². The molecule has 0 saturated carbocycles. The molecule has 27 heavy (non-hydrogen) atoms. The molecule has 1 aromatic carbocycles. The van der Waals surface area contributed by atoms with E-state index in [1.165, 1.54) is 17.0 Å². The van der Waals surface area contributed by atoms with Gasteiger partial charge in [0.2, 0.25) is 15.9 Å². The van der Waals surface area contributed by atoms with Crippen LogP contribution in [0.2, 0.25) is 0 Å². The standard InChI is InChI=1S/C16H27N5O4S.HI/c1-21(2)15(22)12-20-16(18-9-4-10-25-3)19-11-13-5-7-14(8-6-13)26(17,23)24;/h5-8H,4,9-12H2,1-3H3,(H2,17,23,24)(H2,18,19,20);1H. The van der Waals surface area contributed by atoms with Gasteiger partial charge < -0.3 is 20.3 Å². The Balaban J connectivity index is 0.00000676. The molecule has 1 rings (SSSR count). The molecule has 154 valence electrons. The molecule has 0 bridgehead atoms. The predicted molar refractivity (Wildman–Crippen MR) is 116 cm³/mol. The van der Waals surface area contributed by atoms with E-state index in [9.17, 15) is 13.2 Å². The van der Waals surface area contributed by atoms with Crippen LogP contribution in [-0.2, 0) is 26.1 Å². The van der Waals surface area contributed by atoms with Crippen LogP contribution in [0.15, 0.2) is 34.2 Å². The summed E-state index contributed by atoms with van der Waals surface area (Å²) >= 11 is 0. The van der Waals surface area contributed by atoms with Gasteiger partial charge in [0.15, 0.2) is 5.96 Å². The van der Waals surface area contributed by atoms with Crippen LogP contribution in [-0.4, -0.2) is 66.1 Å². The molecule has 0 unspecified atom stereocenters. The number of carbonyl (C=O) groups is 1. The number of nitrogens with two attached hydrogens (primary N) is 1. The number of benzene rings is 1. The first-order chi connectivity index (χ1) is 12.2. The quantitative estimate of drug-likeness (QED) is 0.186. The lowest BCUT2D eigenvalue weighted by molar-refractivity contribution is -0.127. The van der Waals surface area contributed by atoms with Crippen LogP contribution in [0.4, 0.5) is 0 Å². The minimum absolute atomic E-state index is 0. The van der Waals surface area contributed by atoms with Gasteiger partial charge >= 0.3 is 0 Å². The Bertz CT molecular complexity index is 708. The molecule has 0 heterocycles. The van der Waals surface area contributed by atoms with Gasteiger partial charge in [-0.3, -0.25) is 4.79 Å². The average molecular weight is 513 g/mol. The van der Waals surface area contributed by atoms with Crippen LogP contribution in [0.1, 0.15) is 12.0 Å². The van der Waals surface area contributed by atoms with Crippen molar-refractivity contribution in [3.05, 3.63) is 29.8 Å². The van der Waals surface area contributed by atoms with Crippen molar-refractivity contribution in [1.82, 2.24) is 15.5 Å². The number of ether oxygens (including phenoxy) is 1. The van der Waals surface area contributed by atoms with Crippen LogP contribution >= 0.6 is 24.0 Å². The van der Waals surface area contributed by atoms with Crippen LogP contribution in [0.3, 0.4) is 0 Å². The summed E-state index contributed by atoms with van der Waals surface area (Å²) in [6.07, 6.45) is 0.794. The lowest BCUT2D eigenvalue weighted by Gasteiger charge is -2.15. The summed E-state index contributed by atoms with van der Waals surface area (Å²) in [5.74, 6) is 0.417. The number of methoxy groups -OCH3 is 1. The first-order valence-corrected chi connectivity index (χ1v) is 9.61. The molecule has 1 aromatic rings. The highest BCUT2D eigenvalue weighted by molar-refractivity contribution is 14.0. The van der Waals surface area contributed by atoms with Gasteiger partial charge in [-0.05, 0) is 24.1 Å². The van der Waals surface area contributed by atoms with E-state index in [0.29, 0.717) is 25.7 Å². The highest BCUT2D eigenvalue weighted by Crippen LogP contribution is 2.09. The van der Waals surface area contributed by atoms with Gasteiger partial charge in [-0.2, -0.15) is 0 Å². The van der Waals surface area contributed by atoms with Crippen molar-refractivity contribution in [2.45, 2.75) is 17.9 Å². The third-order valence-electron chi connectivity index (χ3n) is 3.40. The van der Waals surface area contributed by atoms with E-state index in [1.807, 2.05) is 0 Å². The fourth-order valence-electron chi connectivity index (χ4n) is 1.87. The number of aliphatic imine (C=N–C) groups is 1. The van der Waals surface area contributed by atoms with E-state index >= 15 is 0 Å². The number of amides is 1. The van der Waals surface area contributed by atoms with E-state index < -0.39 is 10.0 Å². The number of primary sulfonamides is 1. The Kier molecular flexibility index (Phi) is 12.2. The number of likely N-dealkylation sites (N-methyl/N-ethyl adjacent to an activating group) is 1. The van der Waals surface area contributed by atoms with Crippen LogP contribution in [0, 0.1) is 0 Å². The fourth-order valence-corrected chi connectivity index (χ4v) is 2.39. The lowest BCUT2D eigenvalue weighted by Crippen LogP contribution is -2.43. The van der Waals surface area contributed by atoms with Gasteiger partial charge in [0, 0.05) is 34.4 Å². The molecule has 0 aliphatic rings. The van der Waals surface area contributed by atoms with Crippen LogP contribution in [0.5, 0.6) is 0 Å². The van der Waals surface area contributed by atoms with Gasteiger partial charge in [-0.1, -0.05) is 12.1 Å². The minimum Gasteiger partial charge on any atom is -0.385 e. The van der Waals surface area contributed by atoms with Crippen molar-refractivity contribution in [3.8, 4) is 0 Å². The summed E-state index contributed by atoms with van der Waals surface area (Å²) in [6.45, 7) is 1.69. The number of hydrogen-bond acceptors (Lipinski definition) is 5. The molecular weight excluding hydrogens is 485 g/mol. The third-order valence-corrected chi connectivity index (χ3v) is 4.32. The molecule has 0 aliphatic carbocycles. The fraction of sp³-hybridized carbons (Fsp3) is 0.500. The number of nitrogens with zero attached hydrogens (tertiary/aromatic N) is 2. The highest BCUT2D eigenvalue weighted by atomic mass is 127. The minimum atomic E-state index is -3.71.